The van der Waals surface area contributed by atoms with Crippen molar-refractivity contribution in [2.45, 2.75) is 64.0 Å². The van der Waals surface area contributed by atoms with Gasteiger partial charge in [-0.15, -0.1) is 0 Å². The summed E-state index contributed by atoms with van der Waals surface area (Å²) in [6.07, 6.45) is 8.32. The maximum atomic E-state index is 11.0. The zero-order chi connectivity index (χ0) is 17.5. The molecular weight excluding hydrogens is 306 g/mol. The van der Waals surface area contributed by atoms with E-state index in [1.54, 1.807) is 6.07 Å². The molecule has 1 aliphatic carbocycles. The lowest BCUT2D eigenvalue weighted by Crippen LogP contribution is -2.31. The lowest BCUT2D eigenvalue weighted by atomic mass is 9.85. The molecule has 0 spiro atoms. The van der Waals surface area contributed by atoms with Gasteiger partial charge in [-0.1, -0.05) is 38.2 Å². The SMILES string of the molecule is CC(CCC1CCCCC1)NCC(O)c1ccc(O)c(C(=O)O)c1. The van der Waals surface area contributed by atoms with Gasteiger partial charge in [-0.25, -0.2) is 4.79 Å². The van der Waals surface area contributed by atoms with Crippen molar-refractivity contribution in [2.75, 3.05) is 6.54 Å². The standard InChI is InChI=1S/C19H29NO4/c1-13(7-8-14-5-3-2-4-6-14)20-12-18(22)15-9-10-17(21)16(11-15)19(23)24/h9-11,13-14,18,20-22H,2-8,12H2,1H3,(H,23,24). The zero-order valence-corrected chi connectivity index (χ0v) is 14.4. The van der Waals surface area contributed by atoms with Crippen LogP contribution in [0.25, 0.3) is 0 Å². The Hall–Kier alpha value is -1.59. The molecule has 0 amide bonds. The second-order valence-electron chi connectivity index (χ2n) is 6.99. The predicted octanol–water partition coefficient (Wildman–Crippen LogP) is 3.46. The van der Waals surface area contributed by atoms with Crippen LogP contribution in [-0.2, 0) is 0 Å². The van der Waals surface area contributed by atoms with E-state index in [1.165, 1.54) is 50.7 Å². The van der Waals surface area contributed by atoms with Crippen LogP contribution >= 0.6 is 0 Å². The molecule has 2 atom stereocenters. The third kappa shape index (κ3) is 5.49. The largest absolute Gasteiger partial charge is 0.507 e. The molecule has 0 saturated heterocycles. The third-order valence-electron chi connectivity index (χ3n) is 5.03. The smallest absolute Gasteiger partial charge is 0.339 e. The molecule has 0 bridgehead atoms. The van der Waals surface area contributed by atoms with E-state index in [-0.39, 0.29) is 11.3 Å². The van der Waals surface area contributed by atoms with Crippen LogP contribution in [0.3, 0.4) is 0 Å². The average Bonchev–Trinajstić information content (AvgIpc) is 2.59. The number of carboxylic acids is 1. The van der Waals surface area contributed by atoms with Gasteiger partial charge in [0.05, 0.1) is 6.10 Å². The maximum Gasteiger partial charge on any atom is 0.339 e. The van der Waals surface area contributed by atoms with Gasteiger partial charge >= 0.3 is 5.97 Å². The van der Waals surface area contributed by atoms with E-state index in [9.17, 15) is 15.0 Å². The Morgan fingerprint density at radius 1 is 1.29 bits per heavy atom. The fraction of sp³-hybridized carbons (Fsp3) is 0.632. The van der Waals surface area contributed by atoms with E-state index in [2.05, 4.69) is 12.2 Å². The molecular formula is C19H29NO4. The lowest BCUT2D eigenvalue weighted by molar-refractivity contribution is 0.0693. The summed E-state index contributed by atoms with van der Waals surface area (Å²) in [5.74, 6) is -0.634. The second-order valence-corrected chi connectivity index (χ2v) is 6.99. The summed E-state index contributed by atoms with van der Waals surface area (Å²) in [5.41, 5.74) is 0.314. The molecule has 134 valence electrons. The molecule has 4 N–H and O–H groups in total. The number of phenols is 1. The van der Waals surface area contributed by atoms with Crippen LogP contribution in [0.4, 0.5) is 0 Å². The van der Waals surface area contributed by atoms with Crippen molar-refractivity contribution in [2.24, 2.45) is 5.92 Å². The van der Waals surface area contributed by atoms with Gasteiger partial charge in [-0.2, -0.15) is 0 Å². The molecule has 24 heavy (non-hydrogen) atoms. The Morgan fingerprint density at radius 3 is 2.67 bits per heavy atom. The molecule has 0 radical (unpaired) electrons. The average molecular weight is 335 g/mol. The number of aromatic carboxylic acids is 1. The minimum absolute atomic E-state index is 0.183. The Balaban J connectivity index is 1.78. The van der Waals surface area contributed by atoms with Crippen LogP contribution in [0.5, 0.6) is 5.75 Å². The number of benzene rings is 1. The molecule has 5 nitrogen and oxygen atoms in total. The highest BCUT2D eigenvalue weighted by atomic mass is 16.4. The molecule has 1 aromatic rings. The van der Waals surface area contributed by atoms with Crippen LogP contribution in [0, 0.1) is 5.92 Å². The molecule has 0 heterocycles. The van der Waals surface area contributed by atoms with E-state index in [1.807, 2.05) is 0 Å². The van der Waals surface area contributed by atoms with Crippen molar-refractivity contribution in [3.8, 4) is 5.75 Å². The number of rotatable bonds is 8. The van der Waals surface area contributed by atoms with E-state index in [4.69, 9.17) is 5.11 Å². The fourth-order valence-corrected chi connectivity index (χ4v) is 3.43. The van der Waals surface area contributed by atoms with Crippen molar-refractivity contribution in [1.82, 2.24) is 5.32 Å². The number of nitrogens with one attached hydrogen (secondary N) is 1. The van der Waals surface area contributed by atoms with Gasteiger partial charge in [-0.3, -0.25) is 0 Å². The number of carbonyl (C=O) groups is 1. The van der Waals surface area contributed by atoms with E-state index in [0.29, 0.717) is 18.2 Å². The normalized spacial score (nSPS) is 18.2. The number of aromatic hydroxyl groups is 1. The minimum Gasteiger partial charge on any atom is -0.507 e. The number of hydrogen-bond acceptors (Lipinski definition) is 4. The molecule has 1 aliphatic rings. The summed E-state index contributed by atoms with van der Waals surface area (Å²) in [4.78, 5) is 11.0. The van der Waals surface area contributed by atoms with Crippen molar-refractivity contribution in [3.05, 3.63) is 29.3 Å². The summed E-state index contributed by atoms with van der Waals surface area (Å²) in [7, 11) is 0. The van der Waals surface area contributed by atoms with E-state index < -0.39 is 12.1 Å². The number of carboxylic acid groups (broad SMARTS) is 1. The molecule has 2 rings (SSSR count). The summed E-state index contributed by atoms with van der Waals surface area (Å²) in [5, 5.41) is 32.1. The topological polar surface area (TPSA) is 89.8 Å². The molecule has 2 unspecified atom stereocenters. The van der Waals surface area contributed by atoms with Gasteiger partial charge in [0.2, 0.25) is 0 Å². The van der Waals surface area contributed by atoms with Gasteiger partial charge in [0.25, 0.3) is 0 Å². The molecule has 1 saturated carbocycles. The molecule has 5 heteroatoms. The van der Waals surface area contributed by atoms with Gasteiger partial charge in [0, 0.05) is 12.6 Å². The van der Waals surface area contributed by atoms with Crippen molar-refractivity contribution < 1.29 is 20.1 Å². The molecule has 0 aliphatic heterocycles. The molecule has 0 aromatic heterocycles. The maximum absolute atomic E-state index is 11.0. The van der Waals surface area contributed by atoms with Crippen molar-refractivity contribution in [1.29, 1.82) is 0 Å². The fourth-order valence-electron chi connectivity index (χ4n) is 3.43. The first-order valence-electron chi connectivity index (χ1n) is 8.95. The monoisotopic (exact) mass is 335 g/mol. The van der Waals surface area contributed by atoms with Crippen LogP contribution in [-0.4, -0.2) is 33.9 Å². The molecule has 1 aromatic carbocycles. The van der Waals surface area contributed by atoms with Crippen LogP contribution in [0.2, 0.25) is 0 Å². The van der Waals surface area contributed by atoms with E-state index >= 15 is 0 Å². The quantitative estimate of drug-likeness (QED) is 0.584. The lowest BCUT2D eigenvalue weighted by Gasteiger charge is -2.24. The summed E-state index contributed by atoms with van der Waals surface area (Å²) < 4.78 is 0. The Kier molecular flexibility index (Phi) is 7.06. The summed E-state index contributed by atoms with van der Waals surface area (Å²) in [6, 6.07) is 4.52. The van der Waals surface area contributed by atoms with E-state index in [0.717, 1.165) is 12.3 Å². The Morgan fingerprint density at radius 2 is 2.00 bits per heavy atom. The van der Waals surface area contributed by atoms with Crippen molar-refractivity contribution in [3.63, 3.8) is 0 Å². The summed E-state index contributed by atoms with van der Waals surface area (Å²) in [6.45, 7) is 2.49. The summed E-state index contributed by atoms with van der Waals surface area (Å²) >= 11 is 0. The number of aliphatic hydroxyl groups is 1. The highest BCUT2D eigenvalue weighted by Crippen LogP contribution is 2.28. The van der Waals surface area contributed by atoms with Crippen molar-refractivity contribution >= 4 is 5.97 Å². The third-order valence-corrected chi connectivity index (χ3v) is 5.03. The Labute approximate surface area is 143 Å². The highest BCUT2D eigenvalue weighted by molar-refractivity contribution is 5.90. The van der Waals surface area contributed by atoms with Gasteiger partial charge in [0.1, 0.15) is 11.3 Å². The Bertz CT molecular complexity index is 540. The van der Waals surface area contributed by atoms with Gasteiger partial charge in [0.15, 0.2) is 0 Å². The molecule has 1 fully saturated rings. The van der Waals surface area contributed by atoms with Crippen LogP contribution in [0.1, 0.15) is 73.9 Å². The van der Waals surface area contributed by atoms with Crippen LogP contribution in [0.15, 0.2) is 18.2 Å². The zero-order valence-electron chi connectivity index (χ0n) is 14.4. The number of aliphatic hydroxyl groups excluding tert-OH is 1. The predicted molar refractivity (Wildman–Crippen MR) is 93.3 cm³/mol. The van der Waals surface area contributed by atoms with Gasteiger partial charge < -0.3 is 20.6 Å². The number of hydrogen-bond donors (Lipinski definition) is 4. The first-order valence-corrected chi connectivity index (χ1v) is 8.95. The first kappa shape index (κ1) is 18.7. The minimum atomic E-state index is -1.20. The van der Waals surface area contributed by atoms with Crippen LogP contribution < -0.4 is 5.32 Å². The van der Waals surface area contributed by atoms with Gasteiger partial charge in [-0.05, 0) is 43.4 Å². The first-order chi connectivity index (χ1) is 11.5. The second kappa shape index (κ2) is 9.04. The highest BCUT2D eigenvalue weighted by Gasteiger charge is 2.17.